The van der Waals surface area contributed by atoms with Crippen LogP contribution in [-0.2, 0) is 0 Å². The van der Waals surface area contributed by atoms with Crippen LogP contribution >= 0.6 is 11.8 Å². The van der Waals surface area contributed by atoms with Crippen LogP contribution in [0.25, 0.3) is 0 Å². The quantitative estimate of drug-likeness (QED) is 0.811. The minimum Gasteiger partial charge on any atom is -0.395 e. The average Bonchev–Trinajstić information content (AvgIpc) is 2.25. The Morgan fingerprint density at radius 3 is 2.80 bits per heavy atom. The van der Waals surface area contributed by atoms with Crippen molar-refractivity contribution in [3.8, 4) is 0 Å². The Kier molecular flexibility index (Phi) is 5.08. The minimum atomic E-state index is -0.247. The Morgan fingerprint density at radius 1 is 1.53 bits per heavy atom. The number of aliphatic hydroxyl groups is 1. The van der Waals surface area contributed by atoms with Crippen LogP contribution in [0.4, 0.5) is 4.39 Å². The molecule has 0 amide bonds. The molecule has 2 atom stereocenters. The van der Waals surface area contributed by atoms with Crippen LogP contribution in [-0.4, -0.2) is 23.5 Å². The maximum Gasteiger partial charge on any atom is 0.123 e. The average molecular weight is 229 g/mol. The fourth-order valence-electron chi connectivity index (χ4n) is 1.30. The van der Waals surface area contributed by atoms with Crippen molar-refractivity contribution >= 4 is 11.8 Å². The summed E-state index contributed by atoms with van der Waals surface area (Å²) in [6.45, 7) is 2.47. The van der Waals surface area contributed by atoms with E-state index in [0.29, 0.717) is 6.54 Å². The zero-order valence-corrected chi connectivity index (χ0v) is 9.51. The topological polar surface area (TPSA) is 46.2 Å². The zero-order chi connectivity index (χ0) is 11.3. The van der Waals surface area contributed by atoms with Gasteiger partial charge in [0.25, 0.3) is 0 Å². The Hall–Kier alpha value is -0.580. The largest absolute Gasteiger partial charge is 0.395 e. The number of nitrogens with two attached hydrogens (primary N) is 1. The van der Waals surface area contributed by atoms with E-state index in [1.165, 1.54) is 12.1 Å². The van der Waals surface area contributed by atoms with E-state index in [0.717, 1.165) is 5.56 Å². The highest BCUT2D eigenvalue weighted by Crippen LogP contribution is 2.31. The summed E-state index contributed by atoms with van der Waals surface area (Å²) in [6.07, 6.45) is 0. The lowest BCUT2D eigenvalue weighted by atomic mass is 10.1. The summed E-state index contributed by atoms with van der Waals surface area (Å²) in [4.78, 5) is 0. The fraction of sp³-hybridized carbons (Fsp3) is 0.455. The molecule has 1 aromatic rings. The summed E-state index contributed by atoms with van der Waals surface area (Å²) in [7, 11) is 0. The van der Waals surface area contributed by atoms with Crippen molar-refractivity contribution < 1.29 is 9.50 Å². The summed E-state index contributed by atoms with van der Waals surface area (Å²) < 4.78 is 13.0. The molecule has 1 rings (SSSR count). The van der Waals surface area contributed by atoms with Gasteiger partial charge in [-0.15, -0.1) is 11.8 Å². The fourth-order valence-corrected chi connectivity index (χ4v) is 2.36. The smallest absolute Gasteiger partial charge is 0.123 e. The molecule has 0 bridgehead atoms. The summed E-state index contributed by atoms with van der Waals surface area (Å²) >= 11 is 1.56. The van der Waals surface area contributed by atoms with Crippen LogP contribution < -0.4 is 5.73 Å². The van der Waals surface area contributed by atoms with Gasteiger partial charge in [-0.3, -0.25) is 0 Å². The van der Waals surface area contributed by atoms with Gasteiger partial charge in [0, 0.05) is 17.0 Å². The molecule has 0 aliphatic heterocycles. The summed E-state index contributed by atoms with van der Waals surface area (Å²) in [5.74, 6) is -0.247. The molecule has 84 valence electrons. The molecule has 0 aliphatic rings. The van der Waals surface area contributed by atoms with Gasteiger partial charge in [-0.1, -0.05) is 19.1 Å². The minimum absolute atomic E-state index is 0.0443. The van der Waals surface area contributed by atoms with E-state index in [2.05, 4.69) is 0 Å². The van der Waals surface area contributed by atoms with E-state index < -0.39 is 0 Å². The van der Waals surface area contributed by atoms with Gasteiger partial charge in [0.2, 0.25) is 0 Å². The summed E-state index contributed by atoms with van der Waals surface area (Å²) in [5.41, 5.74) is 6.51. The first-order chi connectivity index (χ1) is 7.17. The first-order valence-corrected chi connectivity index (χ1v) is 5.83. The van der Waals surface area contributed by atoms with Gasteiger partial charge in [0.1, 0.15) is 5.82 Å². The van der Waals surface area contributed by atoms with Crippen LogP contribution in [0.15, 0.2) is 24.3 Å². The third-order valence-electron chi connectivity index (χ3n) is 2.09. The molecule has 2 unspecified atom stereocenters. The molecule has 0 spiro atoms. The lowest BCUT2D eigenvalue weighted by Gasteiger charge is -2.18. The van der Waals surface area contributed by atoms with Crippen LogP contribution in [0.2, 0.25) is 0 Å². The Balaban J connectivity index is 2.73. The van der Waals surface area contributed by atoms with Crippen molar-refractivity contribution in [1.29, 1.82) is 0 Å². The highest BCUT2D eigenvalue weighted by atomic mass is 32.2. The van der Waals surface area contributed by atoms with Crippen LogP contribution in [0.3, 0.4) is 0 Å². The Bertz CT molecular complexity index is 308. The lowest BCUT2D eigenvalue weighted by Crippen LogP contribution is -2.14. The van der Waals surface area contributed by atoms with Gasteiger partial charge in [-0.2, -0.15) is 0 Å². The molecule has 4 heteroatoms. The standard InChI is InChI=1S/C11H16FNOS/c1-8(7-14)15-11(6-13)9-3-2-4-10(12)5-9/h2-5,8,11,14H,6-7,13H2,1H3. The zero-order valence-electron chi connectivity index (χ0n) is 8.69. The van der Waals surface area contributed by atoms with Crippen LogP contribution in [0, 0.1) is 5.82 Å². The van der Waals surface area contributed by atoms with Gasteiger partial charge in [0.05, 0.1) is 6.61 Å². The maximum atomic E-state index is 13.0. The van der Waals surface area contributed by atoms with E-state index in [-0.39, 0.29) is 22.9 Å². The van der Waals surface area contributed by atoms with Crippen molar-refractivity contribution in [3.05, 3.63) is 35.6 Å². The van der Waals surface area contributed by atoms with Crippen LogP contribution in [0.1, 0.15) is 17.7 Å². The predicted octanol–water partition coefficient (Wildman–Crippen LogP) is 1.94. The van der Waals surface area contributed by atoms with Crippen molar-refractivity contribution in [2.45, 2.75) is 17.4 Å². The molecule has 0 saturated carbocycles. The third kappa shape index (κ3) is 3.81. The molecule has 0 fully saturated rings. The van der Waals surface area contributed by atoms with E-state index in [4.69, 9.17) is 10.8 Å². The van der Waals surface area contributed by atoms with E-state index >= 15 is 0 Å². The number of rotatable bonds is 5. The second kappa shape index (κ2) is 6.10. The summed E-state index contributed by atoms with van der Waals surface area (Å²) in [6, 6.07) is 6.45. The lowest BCUT2D eigenvalue weighted by molar-refractivity contribution is 0.300. The molecule has 0 radical (unpaired) electrons. The molecular formula is C11H16FNOS. The number of benzene rings is 1. The highest BCUT2D eigenvalue weighted by molar-refractivity contribution is 8.00. The molecule has 0 aliphatic carbocycles. The predicted molar refractivity (Wildman–Crippen MR) is 62.3 cm³/mol. The molecule has 0 saturated heterocycles. The normalized spacial score (nSPS) is 14.9. The van der Waals surface area contributed by atoms with Gasteiger partial charge < -0.3 is 10.8 Å². The molecule has 0 heterocycles. The van der Waals surface area contributed by atoms with Gasteiger partial charge in [-0.25, -0.2) is 4.39 Å². The third-order valence-corrected chi connectivity index (χ3v) is 3.50. The Morgan fingerprint density at radius 2 is 2.27 bits per heavy atom. The molecule has 1 aromatic carbocycles. The van der Waals surface area contributed by atoms with Gasteiger partial charge in [0.15, 0.2) is 0 Å². The number of thioether (sulfide) groups is 1. The number of hydrogen-bond acceptors (Lipinski definition) is 3. The highest BCUT2D eigenvalue weighted by Gasteiger charge is 2.14. The van der Waals surface area contributed by atoms with Crippen LogP contribution in [0.5, 0.6) is 0 Å². The SMILES string of the molecule is CC(CO)SC(CN)c1cccc(F)c1. The van der Waals surface area contributed by atoms with Crippen molar-refractivity contribution in [3.63, 3.8) is 0 Å². The first kappa shape index (κ1) is 12.5. The van der Waals surface area contributed by atoms with Gasteiger partial charge >= 0.3 is 0 Å². The van der Waals surface area contributed by atoms with Crippen molar-refractivity contribution in [2.24, 2.45) is 5.73 Å². The van der Waals surface area contributed by atoms with Crippen molar-refractivity contribution in [2.75, 3.05) is 13.2 Å². The second-order valence-corrected chi connectivity index (χ2v) is 5.05. The Labute approximate surface area is 93.7 Å². The van der Waals surface area contributed by atoms with E-state index in [9.17, 15) is 4.39 Å². The molecular weight excluding hydrogens is 213 g/mol. The molecule has 15 heavy (non-hydrogen) atoms. The van der Waals surface area contributed by atoms with Gasteiger partial charge in [-0.05, 0) is 17.7 Å². The first-order valence-electron chi connectivity index (χ1n) is 4.89. The second-order valence-electron chi connectivity index (χ2n) is 3.41. The maximum absolute atomic E-state index is 13.0. The summed E-state index contributed by atoms with van der Waals surface area (Å²) in [5, 5.41) is 9.10. The van der Waals surface area contributed by atoms with Crippen molar-refractivity contribution in [1.82, 2.24) is 0 Å². The van der Waals surface area contributed by atoms with E-state index in [1.54, 1.807) is 17.8 Å². The number of hydrogen-bond donors (Lipinski definition) is 2. The number of halogens is 1. The molecule has 2 nitrogen and oxygen atoms in total. The number of aliphatic hydroxyl groups excluding tert-OH is 1. The monoisotopic (exact) mass is 229 g/mol. The molecule has 3 N–H and O–H groups in total. The van der Waals surface area contributed by atoms with E-state index in [1.807, 2.05) is 13.0 Å². The molecule has 0 aromatic heterocycles.